The molecule has 9 nitrogen and oxygen atoms in total. The van der Waals surface area contributed by atoms with E-state index in [2.05, 4.69) is 10.6 Å². The van der Waals surface area contributed by atoms with Gasteiger partial charge in [-0.05, 0) is 82.6 Å². The molecule has 0 aliphatic rings. The highest BCUT2D eigenvalue weighted by Crippen LogP contribution is 2.31. The highest BCUT2D eigenvalue weighted by Gasteiger charge is 2.15. The number of carbonyl (C=O) groups is 2. The lowest BCUT2D eigenvalue weighted by atomic mass is 10.0. The lowest BCUT2D eigenvalue weighted by Crippen LogP contribution is -2.12. The van der Waals surface area contributed by atoms with Crippen LogP contribution in [-0.4, -0.2) is 35.0 Å². The van der Waals surface area contributed by atoms with Crippen molar-refractivity contribution >= 4 is 54.9 Å². The Bertz CT molecular complexity index is 2200. The SMILES string of the molecule is O=C(Nc1ccc2cccc(O)c2c1)c1ccc(-c2ccc(C(=O)Nc3ccc4cc(S(=O)(=O)O)cc(O)c4c3)cc2)cc1. The molecule has 0 fully saturated rings. The molecule has 0 radical (unpaired) electrons. The number of benzene rings is 6. The number of phenolic OH excluding ortho intramolecular Hbond substituents is 2. The van der Waals surface area contributed by atoms with Gasteiger partial charge in [-0.3, -0.25) is 14.1 Å². The van der Waals surface area contributed by atoms with Crippen molar-refractivity contribution in [2.45, 2.75) is 4.90 Å². The largest absolute Gasteiger partial charge is 0.507 e. The minimum Gasteiger partial charge on any atom is -0.507 e. The Kier molecular flexibility index (Phi) is 7.22. The van der Waals surface area contributed by atoms with E-state index in [-0.39, 0.29) is 23.3 Å². The van der Waals surface area contributed by atoms with Gasteiger partial charge in [-0.15, -0.1) is 0 Å². The number of hydrogen-bond acceptors (Lipinski definition) is 6. The van der Waals surface area contributed by atoms with Gasteiger partial charge < -0.3 is 20.8 Å². The molecule has 10 heteroatoms. The van der Waals surface area contributed by atoms with E-state index < -0.39 is 15.0 Å². The van der Waals surface area contributed by atoms with Crippen LogP contribution in [0.5, 0.6) is 11.5 Å². The van der Waals surface area contributed by atoms with Crippen molar-refractivity contribution in [3.05, 3.63) is 126 Å². The Morgan fingerprint density at radius 3 is 1.57 bits per heavy atom. The summed E-state index contributed by atoms with van der Waals surface area (Å²) >= 11 is 0. The maximum absolute atomic E-state index is 12.9. The molecule has 0 spiro atoms. The number of amides is 2. The van der Waals surface area contributed by atoms with Crippen molar-refractivity contribution in [2.75, 3.05) is 10.6 Å². The molecule has 0 saturated carbocycles. The zero-order chi connectivity index (χ0) is 31.0. The first-order valence-corrected chi connectivity index (χ1v) is 14.8. The smallest absolute Gasteiger partial charge is 0.294 e. The van der Waals surface area contributed by atoms with Gasteiger partial charge in [-0.2, -0.15) is 8.42 Å². The average Bonchev–Trinajstić information content (AvgIpc) is 3.01. The molecule has 0 aliphatic carbocycles. The van der Waals surface area contributed by atoms with Crippen LogP contribution in [0.25, 0.3) is 32.7 Å². The Morgan fingerprint density at radius 2 is 1.05 bits per heavy atom. The Morgan fingerprint density at radius 1 is 0.545 bits per heavy atom. The molecular formula is C34H24N2O7S. The molecule has 218 valence electrons. The van der Waals surface area contributed by atoms with Gasteiger partial charge in [-0.25, -0.2) is 0 Å². The molecule has 2 amide bonds. The molecule has 0 heterocycles. The van der Waals surface area contributed by atoms with Crippen LogP contribution in [0.1, 0.15) is 20.7 Å². The van der Waals surface area contributed by atoms with E-state index in [0.717, 1.165) is 22.6 Å². The summed E-state index contributed by atoms with van der Waals surface area (Å²) in [6.07, 6.45) is 0. The van der Waals surface area contributed by atoms with E-state index in [1.807, 2.05) is 24.3 Å². The predicted molar refractivity (Wildman–Crippen MR) is 169 cm³/mol. The van der Waals surface area contributed by atoms with Gasteiger partial charge in [0.05, 0.1) is 4.90 Å². The van der Waals surface area contributed by atoms with E-state index in [9.17, 15) is 32.8 Å². The van der Waals surface area contributed by atoms with E-state index in [1.54, 1.807) is 66.7 Å². The van der Waals surface area contributed by atoms with E-state index in [0.29, 0.717) is 38.7 Å². The fourth-order valence-corrected chi connectivity index (χ4v) is 5.44. The third-order valence-electron chi connectivity index (χ3n) is 7.21. The Balaban J connectivity index is 1.13. The van der Waals surface area contributed by atoms with E-state index in [4.69, 9.17) is 0 Å². The molecule has 0 unspecified atom stereocenters. The van der Waals surface area contributed by atoms with Crippen molar-refractivity contribution in [3.63, 3.8) is 0 Å². The van der Waals surface area contributed by atoms with Gasteiger partial charge in [0.15, 0.2) is 0 Å². The normalized spacial score (nSPS) is 11.4. The lowest BCUT2D eigenvalue weighted by molar-refractivity contribution is 0.101. The first-order valence-electron chi connectivity index (χ1n) is 13.3. The van der Waals surface area contributed by atoms with Crippen LogP contribution in [0, 0.1) is 0 Å². The third kappa shape index (κ3) is 5.80. The number of rotatable bonds is 6. The number of phenols is 2. The van der Waals surface area contributed by atoms with Crippen LogP contribution >= 0.6 is 0 Å². The van der Waals surface area contributed by atoms with Crippen LogP contribution in [0.2, 0.25) is 0 Å². The second-order valence-electron chi connectivity index (χ2n) is 10.1. The maximum Gasteiger partial charge on any atom is 0.294 e. The van der Waals surface area contributed by atoms with Gasteiger partial charge >= 0.3 is 0 Å². The number of nitrogens with one attached hydrogen (secondary N) is 2. The number of aromatic hydroxyl groups is 2. The van der Waals surface area contributed by atoms with Gasteiger partial charge in [0.25, 0.3) is 21.9 Å². The van der Waals surface area contributed by atoms with Crippen molar-refractivity contribution in [1.82, 2.24) is 0 Å². The van der Waals surface area contributed by atoms with Crippen LogP contribution in [0.4, 0.5) is 11.4 Å². The van der Waals surface area contributed by atoms with Crippen molar-refractivity contribution < 1.29 is 32.8 Å². The zero-order valence-electron chi connectivity index (χ0n) is 22.9. The fraction of sp³-hybridized carbons (Fsp3) is 0. The molecular weight excluding hydrogens is 580 g/mol. The van der Waals surface area contributed by atoms with Crippen molar-refractivity contribution in [2.24, 2.45) is 0 Å². The van der Waals surface area contributed by atoms with Crippen molar-refractivity contribution in [3.8, 4) is 22.6 Å². The third-order valence-corrected chi connectivity index (χ3v) is 8.04. The zero-order valence-corrected chi connectivity index (χ0v) is 23.7. The van der Waals surface area contributed by atoms with Gasteiger partial charge in [0, 0.05) is 39.3 Å². The van der Waals surface area contributed by atoms with Gasteiger partial charge in [0.2, 0.25) is 0 Å². The molecule has 0 bridgehead atoms. The van der Waals surface area contributed by atoms with Crippen molar-refractivity contribution in [1.29, 1.82) is 0 Å². The lowest BCUT2D eigenvalue weighted by Gasteiger charge is -2.10. The first kappa shape index (κ1) is 28.4. The van der Waals surface area contributed by atoms with E-state index in [1.165, 1.54) is 18.2 Å². The molecule has 6 aromatic carbocycles. The average molecular weight is 605 g/mol. The summed E-state index contributed by atoms with van der Waals surface area (Å²) in [6, 6.07) is 31.3. The van der Waals surface area contributed by atoms with Crippen LogP contribution in [-0.2, 0) is 10.1 Å². The minimum absolute atomic E-state index is 0.138. The first-order chi connectivity index (χ1) is 21.0. The number of carbonyl (C=O) groups excluding carboxylic acids is 2. The summed E-state index contributed by atoms with van der Waals surface area (Å²) in [6.45, 7) is 0. The van der Waals surface area contributed by atoms with Gasteiger partial charge in [0.1, 0.15) is 11.5 Å². The highest BCUT2D eigenvalue weighted by molar-refractivity contribution is 7.85. The second-order valence-corrected chi connectivity index (χ2v) is 11.6. The highest BCUT2D eigenvalue weighted by atomic mass is 32.2. The maximum atomic E-state index is 12.9. The predicted octanol–water partition coefficient (Wildman–Crippen LogP) is 6.82. The van der Waals surface area contributed by atoms with Crippen LogP contribution in [0.3, 0.4) is 0 Å². The van der Waals surface area contributed by atoms with E-state index >= 15 is 0 Å². The summed E-state index contributed by atoms with van der Waals surface area (Å²) in [5, 5.41) is 28.2. The van der Waals surface area contributed by atoms with Crippen LogP contribution in [0.15, 0.2) is 120 Å². The minimum atomic E-state index is -4.49. The monoisotopic (exact) mass is 604 g/mol. The summed E-state index contributed by atoms with van der Waals surface area (Å²) in [7, 11) is -4.49. The molecule has 6 rings (SSSR count). The molecule has 0 aromatic heterocycles. The number of fused-ring (bicyclic) bond motifs is 2. The molecule has 0 saturated heterocycles. The Hall–Kier alpha value is -5.71. The topological polar surface area (TPSA) is 153 Å². The summed E-state index contributed by atoms with van der Waals surface area (Å²) in [5.74, 6) is -0.897. The number of hydrogen-bond donors (Lipinski definition) is 5. The quantitative estimate of drug-likeness (QED) is 0.131. The molecule has 44 heavy (non-hydrogen) atoms. The molecule has 0 atom stereocenters. The van der Waals surface area contributed by atoms with Gasteiger partial charge in [-0.1, -0.05) is 48.5 Å². The second kappa shape index (κ2) is 11.2. The molecule has 0 aliphatic heterocycles. The summed E-state index contributed by atoms with van der Waals surface area (Å²) in [4.78, 5) is 25.3. The van der Waals surface area contributed by atoms with Crippen LogP contribution < -0.4 is 10.6 Å². The fourth-order valence-electron chi connectivity index (χ4n) is 4.91. The molecule has 6 aromatic rings. The number of anilines is 2. The Labute approximate surface area is 251 Å². The standard InChI is InChI=1S/C34H24N2O7S/c37-31-3-1-2-22-12-14-26(17-29(22)31)35-33(39)23-8-4-20(5-9-23)21-6-10-24(11-7-21)34(40)36-27-15-13-25-16-28(44(41,42)43)19-32(38)30(25)18-27/h1-19,37-38H,(H,35,39)(H,36,40)(H,41,42,43). The molecule has 5 N–H and O–H groups in total. The summed E-state index contributed by atoms with van der Waals surface area (Å²) in [5.41, 5.74) is 3.47. The summed E-state index contributed by atoms with van der Waals surface area (Å²) < 4.78 is 32.1.